The number of sulfonamides is 1. The quantitative estimate of drug-likeness (QED) is 0.401. The molecule has 3 N–H and O–H groups in total. The molecule has 222 valence electrons. The highest BCUT2D eigenvalue weighted by Gasteiger charge is 2.48. The Hall–Kier alpha value is -3.33. The molecular weight excluding hydrogens is 570 g/mol. The minimum absolute atomic E-state index is 0.0419. The van der Waals surface area contributed by atoms with Crippen molar-refractivity contribution < 1.29 is 45.7 Å². The number of aryl methyl sites for hydroxylation is 2. The largest absolute Gasteiger partial charge is 0.491 e. The van der Waals surface area contributed by atoms with Crippen LogP contribution < -0.4 is 10.1 Å². The predicted octanol–water partition coefficient (Wildman–Crippen LogP) is 2.91. The average Bonchev–Trinajstić information content (AvgIpc) is 3.21. The summed E-state index contributed by atoms with van der Waals surface area (Å²) < 4.78 is 86.9. The maximum atomic E-state index is 14.6. The van der Waals surface area contributed by atoms with E-state index in [9.17, 15) is 35.9 Å². The highest BCUT2D eigenvalue weighted by Crippen LogP contribution is 2.36. The summed E-state index contributed by atoms with van der Waals surface area (Å²) in [6.45, 7) is 2.82. The Bertz CT molecular complexity index is 1480. The fourth-order valence-electron chi connectivity index (χ4n) is 4.79. The number of hydrogen-bond donors (Lipinski definition) is 3. The van der Waals surface area contributed by atoms with Crippen LogP contribution in [0.5, 0.6) is 5.75 Å². The monoisotopic (exact) mass is 599 g/mol. The lowest BCUT2D eigenvalue weighted by molar-refractivity contribution is -0.140. The Balaban J connectivity index is 1.47. The summed E-state index contributed by atoms with van der Waals surface area (Å²) in [5.74, 6) is -2.04. The number of carbonyl (C=O) groups is 1. The van der Waals surface area contributed by atoms with Crippen molar-refractivity contribution in [2.75, 3.05) is 26.3 Å². The van der Waals surface area contributed by atoms with Crippen LogP contribution in [0, 0.1) is 19.7 Å². The van der Waals surface area contributed by atoms with E-state index in [1.54, 1.807) is 26.0 Å². The minimum atomic E-state index is -4.93. The van der Waals surface area contributed by atoms with Crippen molar-refractivity contribution in [3.63, 3.8) is 0 Å². The molecule has 41 heavy (non-hydrogen) atoms. The molecule has 0 bridgehead atoms. The van der Waals surface area contributed by atoms with E-state index < -0.39 is 57.3 Å². The lowest BCUT2D eigenvalue weighted by Gasteiger charge is -2.34. The van der Waals surface area contributed by atoms with Crippen molar-refractivity contribution in [2.45, 2.75) is 44.5 Å². The van der Waals surface area contributed by atoms with Gasteiger partial charge in [0.15, 0.2) is 0 Å². The van der Waals surface area contributed by atoms with Gasteiger partial charge in [-0.15, -0.1) is 0 Å². The van der Waals surface area contributed by atoms with E-state index in [0.29, 0.717) is 28.5 Å². The normalized spacial score (nSPS) is 18.5. The molecular formula is C27H29F4N3O6S. The lowest BCUT2D eigenvalue weighted by Crippen LogP contribution is -2.50. The van der Waals surface area contributed by atoms with Crippen LogP contribution >= 0.6 is 0 Å². The molecule has 2 aliphatic heterocycles. The first-order chi connectivity index (χ1) is 19.2. The zero-order valence-corrected chi connectivity index (χ0v) is 23.0. The smallest absolute Gasteiger partial charge is 0.419 e. The molecule has 0 aromatic heterocycles. The molecule has 1 fully saturated rings. The summed E-state index contributed by atoms with van der Waals surface area (Å²) in [7, 11) is -3.91. The van der Waals surface area contributed by atoms with Crippen molar-refractivity contribution in [1.82, 2.24) is 9.62 Å². The van der Waals surface area contributed by atoms with Gasteiger partial charge in [0.05, 0.1) is 17.7 Å². The van der Waals surface area contributed by atoms with Crippen molar-refractivity contribution in [3.8, 4) is 5.75 Å². The van der Waals surface area contributed by atoms with Gasteiger partial charge in [0.1, 0.15) is 35.7 Å². The molecule has 1 atom stereocenters. The molecule has 1 amide bonds. The number of rotatable bonds is 8. The van der Waals surface area contributed by atoms with Gasteiger partial charge in [0.25, 0.3) is 5.91 Å². The third-order valence-electron chi connectivity index (χ3n) is 7.08. The Morgan fingerprint density at radius 2 is 1.83 bits per heavy atom. The zero-order chi connectivity index (χ0) is 30.2. The second-order valence-corrected chi connectivity index (χ2v) is 11.8. The summed E-state index contributed by atoms with van der Waals surface area (Å²) in [5, 5.41) is 21.8. The number of hydrogen-bond acceptors (Lipinski definition) is 7. The third kappa shape index (κ3) is 6.45. The molecule has 9 nitrogen and oxygen atoms in total. The Labute approximate surface area is 234 Å². The number of nitrogens with zero attached hydrogens (tertiary/aromatic N) is 2. The zero-order valence-electron chi connectivity index (χ0n) is 22.2. The van der Waals surface area contributed by atoms with Crippen molar-refractivity contribution in [3.05, 3.63) is 69.4 Å². The van der Waals surface area contributed by atoms with E-state index in [2.05, 4.69) is 10.3 Å². The first kappa shape index (κ1) is 30.6. The Kier molecular flexibility index (Phi) is 8.60. The Morgan fingerprint density at radius 3 is 2.41 bits per heavy atom. The lowest BCUT2D eigenvalue weighted by atomic mass is 9.89. The van der Waals surface area contributed by atoms with Crippen LogP contribution in [0.1, 0.15) is 40.7 Å². The van der Waals surface area contributed by atoms with E-state index >= 15 is 0 Å². The first-order valence-electron chi connectivity index (χ1n) is 12.7. The van der Waals surface area contributed by atoms with Gasteiger partial charge in [-0.2, -0.15) is 17.5 Å². The average molecular weight is 600 g/mol. The van der Waals surface area contributed by atoms with Crippen LogP contribution in [0.2, 0.25) is 0 Å². The molecule has 2 aromatic rings. The maximum absolute atomic E-state index is 14.6. The molecule has 0 aliphatic carbocycles. The predicted molar refractivity (Wildman–Crippen MR) is 142 cm³/mol. The molecule has 0 radical (unpaired) electrons. The molecule has 14 heteroatoms. The second-order valence-electron chi connectivity index (χ2n) is 9.98. The van der Waals surface area contributed by atoms with Gasteiger partial charge < -0.3 is 20.3 Å². The number of piperidine rings is 1. The fourth-order valence-corrected chi connectivity index (χ4v) is 5.97. The van der Waals surface area contributed by atoms with E-state index in [1.807, 2.05) is 0 Å². The minimum Gasteiger partial charge on any atom is -0.491 e. The van der Waals surface area contributed by atoms with E-state index in [1.165, 1.54) is 10.4 Å². The fraction of sp³-hybridized carbons (Fsp3) is 0.407. The number of halogens is 4. The Morgan fingerprint density at radius 1 is 1.20 bits per heavy atom. The summed E-state index contributed by atoms with van der Waals surface area (Å²) in [6.07, 6.45) is -4.59. The van der Waals surface area contributed by atoms with Gasteiger partial charge in [0.2, 0.25) is 10.0 Å². The third-order valence-corrected chi connectivity index (χ3v) is 8.64. The number of amides is 1. The van der Waals surface area contributed by atoms with Crippen LogP contribution in [-0.4, -0.2) is 72.6 Å². The number of aliphatic imine (C=N–C) groups is 1. The van der Waals surface area contributed by atoms with Crippen molar-refractivity contribution in [2.24, 2.45) is 4.99 Å². The molecule has 1 saturated heterocycles. The van der Waals surface area contributed by atoms with Crippen LogP contribution in [0.15, 0.2) is 40.7 Å². The molecule has 1 unspecified atom stereocenters. The number of alkyl halides is 3. The topological polar surface area (TPSA) is 129 Å². The number of ether oxygens (including phenoxy) is 1. The second kappa shape index (κ2) is 11.5. The number of amidine groups is 1. The molecule has 0 saturated carbocycles. The molecule has 4 rings (SSSR count). The standard InChI is InChI=1S/C27H29F4N3O6S/c1-16-12-19(40-15-18(36)14-35)13-17(2)20(16)6-11-41(38,39)34-9-7-26(8-10-34)25(37)32-24(33-26)21-4-3-5-22(23(21)28)27(29,30)31/h3-6,11-13,18,35-36H,7-10,14-15H2,1-2H3,(H,32,33,37). The maximum Gasteiger partial charge on any atom is 0.419 e. The van der Waals surface area contributed by atoms with Gasteiger partial charge in [-0.1, -0.05) is 6.07 Å². The summed E-state index contributed by atoms with van der Waals surface area (Å²) in [4.78, 5) is 17.1. The van der Waals surface area contributed by atoms with Gasteiger partial charge in [-0.05, 0) is 73.7 Å². The summed E-state index contributed by atoms with van der Waals surface area (Å²) in [6, 6.07) is 6.06. The number of benzene rings is 2. The number of nitrogens with one attached hydrogen (secondary N) is 1. The molecule has 2 heterocycles. The van der Waals surface area contributed by atoms with E-state index in [-0.39, 0.29) is 38.4 Å². The number of carbonyl (C=O) groups excluding carboxylic acids is 1. The van der Waals surface area contributed by atoms with Crippen LogP contribution in [0.25, 0.3) is 6.08 Å². The van der Waals surface area contributed by atoms with Gasteiger partial charge >= 0.3 is 6.18 Å². The van der Waals surface area contributed by atoms with Gasteiger partial charge in [0, 0.05) is 18.5 Å². The summed E-state index contributed by atoms with van der Waals surface area (Å²) >= 11 is 0. The van der Waals surface area contributed by atoms with E-state index in [4.69, 9.17) is 9.84 Å². The molecule has 2 aromatic carbocycles. The molecule has 2 aliphatic rings. The van der Waals surface area contributed by atoms with Crippen LogP contribution in [0.3, 0.4) is 0 Å². The first-order valence-corrected chi connectivity index (χ1v) is 14.2. The SMILES string of the molecule is Cc1cc(OCC(O)CO)cc(C)c1C=CS(=O)(=O)N1CCC2(CC1)N=C(c1cccc(C(F)(F)F)c1F)NC2=O. The highest BCUT2D eigenvalue weighted by molar-refractivity contribution is 7.92. The van der Waals surface area contributed by atoms with Crippen LogP contribution in [0.4, 0.5) is 17.6 Å². The summed E-state index contributed by atoms with van der Waals surface area (Å²) in [5.41, 5.74) is -1.31. The van der Waals surface area contributed by atoms with E-state index in [0.717, 1.165) is 17.5 Å². The number of aliphatic hydroxyl groups excluding tert-OH is 2. The molecule has 1 spiro atoms. The van der Waals surface area contributed by atoms with Gasteiger partial charge in [-0.3, -0.25) is 9.79 Å². The number of aliphatic hydroxyl groups is 2. The van der Waals surface area contributed by atoms with Crippen molar-refractivity contribution in [1.29, 1.82) is 0 Å². The van der Waals surface area contributed by atoms with Gasteiger partial charge in [-0.25, -0.2) is 12.8 Å². The highest BCUT2D eigenvalue weighted by atomic mass is 32.2. The van der Waals surface area contributed by atoms with Crippen molar-refractivity contribution >= 4 is 27.8 Å². The van der Waals surface area contributed by atoms with Crippen LogP contribution in [-0.2, 0) is 21.0 Å².